The molecule has 1 saturated carbocycles. The largest absolute Gasteiger partial charge is 0.387 e. The van der Waals surface area contributed by atoms with Gasteiger partial charge >= 0.3 is 0 Å². The van der Waals surface area contributed by atoms with Crippen molar-refractivity contribution in [3.05, 3.63) is 64.4 Å². The number of aliphatic hydroxyl groups excluding tert-OH is 1. The number of hydrogen-bond donors (Lipinski definition) is 2. The molecular formula is C31H34BrN7O5. The molecule has 1 saturated heterocycles. The van der Waals surface area contributed by atoms with Crippen molar-refractivity contribution in [1.29, 1.82) is 0 Å². The van der Waals surface area contributed by atoms with Crippen molar-refractivity contribution in [3.8, 4) is 11.1 Å². The van der Waals surface area contributed by atoms with Gasteiger partial charge in [0.05, 0.1) is 30.5 Å². The van der Waals surface area contributed by atoms with Crippen molar-refractivity contribution in [2.75, 3.05) is 26.1 Å². The van der Waals surface area contributed by atoms with E-state index in [4.69, 9.17) is 14.6 Å². The molecular weight excluding hydrogens is 630 g/mol. The predicted octanol–water partition coefficient (Wildman–Crippen LogP) is 3.80. The number of likely N-dealkylation sites (tertiary alicyclic amines) is 1. The van der Waals surface area contributed by atoms with E-state index in [2.05, 4.69) is 36.2 Å². The van der Waals surface area contributed by atoms with Crippen LogP contribution >= 0.6 is 15.9 Å². The molecule has 2 N–H and O–H groups in total. The van der Waals surface area contributed by atoms with Gasteiger partial charge in [0, 0.05) is 54.6 Å². The Labute approximate surface area is 262 Å². The Morgan fingerprint density at radius 2 is 1.93 bits per heavy atom. The molecule has 1 aromatic carbocycles. The summed E-state index contributed by atoms with van der Waals surface area (Å²) in [5, 5.41) is 19.0. The van der Waals surface area contributed by atoms with Crippen LogP contribution in [0.25, 0.3) is 22.0 Å². The minimum Gasteiger partial charge on any atom is -0.387 e. The predicted molar refractivity (Wildman–Crippen MR) is 165 cm³/mol. The zero-order chi connectivity index (χ0) is 31.2. The fraction of sp³-hybridized carbons (Fsp3) is 0.419. The van der Waals surface area contributed by atoms with Crippen LogP contribution in [0.3, 0.4) is 0 Å². The number of methoxy groups -OCH3 is 2. The number of aryl methyl sites for hydroxylation is 1. The molecule has 2 amide bonds. The molecule has 6 rings (SSSR count). The maximum absolute atomic E-state index is 14.1. The van der Waals surface area contributed by atoms with Crippen LogP contribution in [0.4, 0.5) is 5.82 Å². The van der Waals surface area contributed by atoms with Crippen molar-refractivity contribution in [3.63, 3.8) is 0 Å². The average Bonchev–Trinajstić information content (AvgIpc) is 3.38. The highest BCUT2D eigenvalue weighted by Gasteiger charge is 2.67. The Morgan fingerprint density at radius 3 is 2.61 bits per heavy atom. The van der Waals surface area contributed by atoms with E-state index in [0.29, 0.717) is 45.9 Å². The summed E-state index contributed by atoms with van der Waals surface area (Å²) in [4.78, 5) is 42.4. The monoisotopic (exact) mass is 663 g/mol. The number of amides is 2. The number of piperidine rings is 1. The van der Waals surface area contributed by atoms with Gasteiger partial charge in [-0.3, -0.25) is 14.3 Å². The molecule has 0 bridgehead atoms. The summed E-state index contributed by atoms with van der Waals surface area (Å²) in [5.74, 6) is 0.520. The van der Waals surface area contributed by atoms with Gasteiger partial charge in [-0.05, 0) is 72.4 Å². The van der Waals surface area contributed by atoms with Crippen molar-refractivity contribution in [2.45, 2.75) is 58.0 Å². The van der Waals surface area contributed by atoms with E-state index in [1.807, 2.05) is 19.1 Å². The van der Waals surface area contributed by atoms with Crippen LogP contribution < -0.4 is 5.32 Å². The molecule has 2 fully saturated rings. The molecule has 4 heterocycles. The molecule has 4 atom stereocenters. The van der Waals surface area contributed by atoms with Gasteiger partial charge in [-0.25, -0.2) is 15.0 Å². The number of carbonyl (C=O) groups is 2. The van der Waals surface area contributed by atoms with Gasteiger partial charge in [0.2, 0.25) is 11.8 Å². The van der Waals surface area contributed by atoms with Crippen molar-refractivity contribution < 1.29 is 24.2 Å². The fourth-order valence-corrected chi connectivity index (χ4v) is 6.77. The number of benzene rings is 1. The molecule has 13 heteroatoms. The van der Waals surface area contributed by atoms with Gasteiger partial charge < -0.3 is 24.8 Å². The zero-order valence-corrected chi connectivity index (χ0v) is 26.5. The number of carbonyl (C=O) groups excluding carboxylic acids is 2. The van der Waals surface area contributed by atoms with Crippen molar-refractivity contribution in [2.24, 2.45) is 5.41 Å². The summed E-state index contributed by atoms with van der Waals surface area (Å²) in [6.45, 7) is 4.06. The van der Waals surface area contributed by atoms with Crippen LogP contribution in [0, 0.1) is 12.3 Å². The van der Waals surface area contributed by atoms with Crippen LogP contribution in [-0.2, 0) is 32.2 Å². The first-order valence-electron chi connectivity index (χ1n) is 14.4. The molecule has 44 heavy (non-hydrogen) atoms. The van der Waals surface area contributed by atoms with E-state index < -0.39 is 12.1 Å². The number of hydrogen-bond acceptors (Lipinski definition) is 9. The van der Waals surface area contributed by atoms with Gasteiger partial charge in [0.15, 0.2) is 0 Å². The van der Waals surface area contributed by atoms with Crippen LogP contribution in [0.5, 0.6) is 0 Å². The average molecular weight is 665 g/mol. The molecule has 3 aromatic heterocycles. The summed E-state index contributed by atoms with van der Waals surface area (Å²) in [6.07, 6.45) is 3.86. The Balaban J connectivity index is 1.36. The maximum Gasteiger partial charge on any atom is 0.248 e. The second-order valence-corrected chi connectivity index (χ2v) is 12.4. The number of aliphatic hydroxyl groups is 1. The fourth-order valence-electron chi connectivity index (χ4n) is 6.43. The molecule has 1 aliphatic carbocycles. The minimum absolute atomic E-state index is 0.120. The number of aromatic nitrogens is 5. The van der Waals surface area contributed by atoms with E-state index in [1.54, 1.807) is 61.3 Å². The number of pyridine rings is 1. The Kier molecular flexibility index (Phi) is 8.22. The van der Waals surface area contributed by atoms with Gasteiger partial charge in [-0.2, -0.15) is 5.10 Å². The summed E-state index contributed by atoms with van der Waals surface area (Å²) in [7, 11) is 3.24. The third-order valence-electron chi connectivity index (χ3n) is 8.45. The summed E-state index contributed by atoms with van der Waals surface area (Å²) in [6, 6.07) is 8.35. The highest BCUT2D eigenvalue weighted by atomic mass is 79.9. The molecule has 12 nitrogen and oxygen atoms in total. The Bertz CT molecular complexity index is 1730. The second kappa shape index (κ2) is 12.0. The van der Waals surface area contributed by atoms with Gasteiger partial charge in [0.25, 0.3) is 0 Å². The first kappa shape index (κ1) is 30.3. The Morgan fingerprint density at radius 1 is 1.16 bits per heavy atom. The van der Waals surface area contributed by atoms with Crippen LogP contribution in [0.1, 0.15) is 43.0 Å². The van der Waals surface area contributed by atoms with E-state index >= 15 is 0 Å². The lowest BCUT2D eigenvalue weighted by molar-refractivity contribution is -0.138. The number of ether oxygens (including phenoxy) is 2. The first-order chi connectivity index (χ1) is 21.1. The van der Waals surface area contributed by atoms with Crippen LogP contribution in [-0.4, -0.2) is 79.5 Å². The number of rotatable bonds is 10. The highest BCUT2D eigenvalue weighted by Crippen LogP contribution is 2.59. The lowest BCUT2D eigenvalue weighted by atomic mass is 10.00. The van der Waals surface area contributed by atoms with Gasteiger partial charge in [-0.1, -0.05) is 6.07 Å². The lowest BCUT2D eigenvalue weighted by Crippen LogP contribution is -2.46. The third-order valence-corrected chi connectivity index (χ3v) is 8.89. The minimum atomic E-state index is -0.894. The SMILES string of the molecule is COCc1cc(-c2cnc(C)nc2)cc2c(C(C)O)nn(CC(=O)N3C4CC4(COC)C[C@H]3C(=O)Nc3cccc(Br)n3)c12. The molecule has 0 spiro atoms. The highest BCUT2D eigenvalue weighted by molar-refractivity contribution is 9.10. The van der Waals surface area contributed by atoms with Gasteiger partial charge in [-0.15, -0.1) is 0 Å². The molecule has 1 aliphatic heterocycles. The molecule has 230 valence electrons. The summed E-state index contributed by atoms with van der Waals surface area (Å²) < 4.78 is 13.3. The topological polar surface area (TPSA) is 145 Å². The van der Waals surface area contributed by atoms with E-state index in [9.17, 15) is 14.7 Å². The lowest BCUT2D eigenvalue weighted by Gasteiger charge is -2.27. The number of halogens is 1. The van der Waals surface area contributed by atoms with Crippen LogP contribution in [0.2, 0.25) is 0 Å². The normalized spacial score (nSPS) is 21.4. The summed E-state index contributed by atoms with van der Waals surface area (Å²) in [5.41, 5.74) is 3.31. The van der Waals surface area contributed by atoms with Crippen molar-refractivity contribution >= 4 is 44.5 Å². The van der Waals surface area contributed by atoms with E-state index in [-0.39, 0.29) is 36.4 Å². The quantitative estimate of drug-likeness (QED) is 0.242. The Hall–Kier alpha value is -3.78. The van der Waals surface area contributed by atoms with Crippen molar-refractivity contribution in [1.82, 2.24) is 29.6 Å². The zero-order valence-electron chi connectivity index (χ0n) is 25.0. The van der Waals surface area contributed by atoms with Crippen LogP contribution in [0.15, 0.2) is 47.3 Å². The first-order valence-corrected chi connectivity index (χ1v) is 15.2. The molecule has 4 aromatic rings. The number of anilines is 1. The van der Waals surface area contributed by atoms with E-state index in [0.717, 1.165) is 23.1 Å². The number of fused-ring (bicyclic) bond motifs is 2. The molecule has 0 radical (unpaired) electrons. The van der Waals surface area contributed by atoms with Gasteiger partial charge in [0.1, 0.15) is 28.8 Å². The van der Waals surface area contributed by atoms with E-state index in [1.165, 1.54) is 0 Å². The smallest absolute Gasteiger partial charge is 0.248 e. The molecule has 2 aliphatic rings. The summed E-state index contributed by atoms with van der Waals surface area (Å²) >= 11 is 3.34. The maximum atomic E-state index is 14.1. The number of nitrogens with zero attached hydrogens (tertiary/aromatic N) is 6. The molecule has 3 unspecified atom stereocenters. The third kappa shape index (κ3) is 5.60. The second-order valence-electron chi connectivity index (χ2n) is 11.6. The number of nitrogens with one attached hydrogen (secondary N) is 1. The standard InChI is InChI=1S/C31H34BrN7O5/c1-17(40)28-22-9-19(21-12-33-18(2)34-13-21)8-20(15-43-3)29(22)38(37-28)14-27(41)39-23(10-31(16-44-4)11-24(31)39)30(42)36-26-7-5-6-25(32)35-26/h5-9,12-13,17,23-24,40H,10-11,14-16H2,1-4H3,(H,35,36,42)/t17?,23-,24?,31?/m0/s1.